The number of likely N-dealkylation sites (N-methyl/N-ethyl adjacent to an activating group) is 1. The summed E-state index contributed by atoms with van der Waals surface area (Å²) in [6, 6.07) is 12.2. The van der Waals surface area contributed by atoms with Gasteiger partial charge in [-0.15, -0.1) is 16.9 Å². The molecule has 0 amide bonds. The van der Waals surface area contributed by atoms with Crippen molar-refractivity contribution in [3.63, 3.8) is 0 Å². The summed E-state index contributed by atoms with van der Waals surface area (Å²) in [6.07, 6.45) is 6.42. The monoisotopic (exact) mass is 354 g/mol. The summed E-state index contributed by atoms with van der Waals surface area (Å²) in [5, 5.41) is 4.71. The van der Waals surface area contributed by atoms with Gasteiger partial charge in [0.1, 0.15) is 6.10 Å². The first kappa shape index (κ1) is 16.4. The van der Waals surface area contributed by atoms with Crippen LogP contribution >= 0.6 is 11.8 Å². The van der Waals surface area contributed by atoms with E-state index in [0.29, 0.717) is 5.88 Å². The number of fused-ring (bicyclic) bond motifs is 1. The van der Waals surface area contributed by atoms with Gasteiger partial charge in [-0.05, 0) is 44.8 Å². The highest BCUT2D eigenvalue weighted by Crippen LogP contribution is 2.30. The molecule has 0 N–H and O–H groups in total. The summed E-state index contributed by atoms with van der Waals surface area (Å²) in [5.41, 5.74) is 2.97. The number of rotatable bonds is 4. The van der Waals surface area contributed by atoms with Gasteiger partial charge in [0.2, 0.25) is 5.88 Å². The number of likely N-dealkylation sites (tertiary alicyclic amines) is 1. The van der Waals surface area contributed by atoms with E-state index in [1.165, 1.54) is 11.3 Å². The predicted octanol–water partition coefficient (Wildman–Crippen LogP) is 3.59. The predicted molar refractivity (Wildman–Crippen MR) is 101 cm³/mol. The number of imidazole rings is 1. The molecule has 2 aromatic heterocycles. The topological polar surface area (TPSA) is 42.7 Å². The molecule has 3 heterocycles. The summed E-state index contributed by atoms with van der Waals surface area (Å²) in [5.74, 6) is 0.661. The zero-order chi connectivity index (χ0) is 17.2. The number of thioether (sulfide) groups is 1. The van der Waals surface area contributed by atoms with Crippen LogP contribution in [0.25, 0.3) is 16.9 Å². The minimum Gasteiger partial charge on any atom is -0.472 e. The lowest BCUT2D eigenvalue weighted by Crippen LogP contribution is -2.38. The molecule has 3 aromatic rings. The molecule has 6 heteroatoms. The Labute approximate surface area is 152 Å². The van der Waals surface area contributed by atoms with E-state index in [0.717, 1.165) is 36.4 Å². The van der Waals surface area contributed by atoms with Crippen LogP contribution in [0.3, 0.4) is 0 Å². The number of hydrogen-bond donors (Lipinski definition) is 0. The zero-order valence-electron chi connectivity index (χ0n) is 14.6. The molecule has 1 aliphatic heterocycles. The number of piperidine rings is 1. The van der Waals surface area contributed by atoms with Crippen molar-refractivity contribution in [3.05, 3.63) is 42.6 Å². The highest BCUT2D eigenvalue weighted by Gasteiger charge is 2.19. The average Bonchev–Trinajstić information content (AvgIpc) is 3.05. The summed E-state index contributed by atoms with van der Waals surface area (Å²) >= 11 is 1.73. The maximum atomic E-state index is 6.14. The molecule has 1 aromatic carbocycles. The number of nitrogens with zero attached hydrogens (tertiary/aromatic N) is 4. The smallest absolute Gasteiger partial charge is 0.232 e. The SMILES string of the molecule is CSc1ccccc1-c1cnc2ccc(OC3CCCN(C)C3)nn12. The van der Waals surface area contributed by atoms with E-state index in [-0.39, 0.29) is 6.10 Å². The fourth-order valence-electron chi connectivity index (χ4n) is 3.35. The molecule has 130 valence electrons. The fourth-order valence-corrected chi connectivity index (χ4v) is 3.95. The van der Waals surface area contributed by atoms with E-state index in [4.69, 9.17) is 9.84 Å². The van der Waals surface area contributed by atoms with Crippen LogP contribution in [-0.4, -0.2) is 52.0 Å². The molecule has 0 bridgehead atoms. The van der Waals surface area contributed by atoms with Crippen molar-refractivity contribution in [2.75, 3.05) is 26.4 Å². The first-order valence-electron chi connectivity index (χ1n) is 8.58. The summed E-state index contributed by atoms with van der Waals surface area (Å²) in [6.45, 7) is 2.09. The lowest BCUT2D eigenvalue weighted by atomic mass is 10.1. The van der Waals surface area contributed by atoms with Crippen LogP contribution in [0, 0.1) is 0 Å². The van der Waals surface area contributed by atoms with Gasteiger partial charge in [0.05, 0.1) is 11.9 Å². The van der Waals surface area contributed by atoms with Gasteiger partial charge in [0, 0.05) is 23.1 Å². The van der Waals surface area contributed by atoms with Crippen LogP contribution < -0.4 is 4.74 Å². The number of hydrogen-bond acceptors (Lipinski definition) is 5. The van der Waals surface area contributed by atoms with E-state index >= 15 is 0 Å². The van der Waals surface area contributed by atoms with E-state index < -0.39 is 0 Å². The van der Waals surface area contributed by atoms with Crippen LogP contribution in [0.1, 0.15) is 12.8 Å². The van der Waals surface area contributed by atoms with Crippen molar-refractivity contribution >= 4 is 17.4 Å². The van der Waals surface area contributed by atoms with E-state index in [1.807, 2.05) is 28.9 Å². The first-order valence-corrected chi connectivity index (χ1v) is 9.80. The zero-order valence-corrected chi connectivity index (χ0v) is 15.4. The molecule has 4 rings (SSSR count). The standard InChI is InChI=1S/C19H22N4OS/c1-22-11-5-6-14(13-22)24-19-10-9-18-20-12-16(23(18)21-19)15-7-3-4-8-17(15)25-2/h3-4,7-10,12,14H,5-6,11,13H2,1-2H3. The van der Waals surface area contributed by atoms with Crippen molar-refractivity contribution < 1.29 is 4.74 Å². The van der Waals surface area contributed by atoms with Gasteiger partial charge in [-0.2, -0.15) is 0 Å². The number of aromatic nitrogens is 3. The molecule has 5 nitrogen and oxygen atoms in total. The molecular weight excluding hydrogens is 332 g/mol. The number of benzene rings is 1. The van der Waals surface area contributed by atoms with Crippen LogP contribution in [0.2, 0.25) is 0 Å². The molecular formula is C19H22N4OS. The third-order valence-electron chi connectivity index (χ3n) is 4.59. The second kappa shape index (κ2) is 7.06. The minimum atomic E-state index is 0.203. The molecule has 1 aliphatic rings. The molecule has 1 saturated heterocycles. The van der Waals surface area contributed by atoms with E-state index in [9.17, 15) is 0 Å². The van der Waals surface area contributed by atoms with Gasteiger partial charge in [-0.1, -0.05) is 18.2 Å². The average molecular weight is 354 g/mol. The van der Waals surface area contributed by atoms with Gasteiger partial charge < -0.3 is 9.64 Å². The van der Waals surface area contributed by atoms with Gasteiger partial charge in [-0.25, -0.2) is 9.50 Å². The summed E-state index contributed by atoms with van der Waals surface area (Å²) in [7, 11) is 2.14. The van der Waals surface area contributed by atoms with E-state index in [1.54, 1.807) is 11.8 Å². The highest BCUT2D eigenvalue weighted by atomic mass is 32.2. The lowest BCUT2D eigenvalue weighted by Gasteiger charge is -2.29. The molecule has 1 fully saturated rings. The van der Waals surface area contributed by atoms with Crippen LogP contribution in [0.4, 0.5) is 0 Å². The Morgan fingerprint density at radius 1 is 1.20 bits per heavy atom. The van der Waals surface area contributed by atoms with Crippen molar-refractivity contribution in [1.82, 2.24) is 19.5 Å². The maximum absolute atomic E-state index is 6.14. The summed E-state index contributed by atoms with van der Waals surface area (Å²) < 4.78 is 8.03. The Kier molecular flexibility index (Phi) is 4.63. The van der Waals surface area contributed by atoms with Crippen molar-refractivity contribution in [1.29, 1.82) is 0 Å². The lowest BCUT2D eigenvalue weighted by molar-refractivity contribution is 0.0988. The number of ether oxygens (including phenoxy) is 1. The largest absolute Gasteiger partial charge is 0.472 e. The molecule has 0 radical (unpaired) electrons. The minimum absolute atomic E-state index is 0.203. The Morgan fingerprint density at radius 2 is 2.08 bits per heavy atom. The second-order valence-electron chi connectivity index (χ2n) is 6.43. The third kappa shape index (κ3) is 3.37. The Morgan fingerprint density at radius 3 is 2.92 bits per heavy atom. The molecule has 0 aliphatic carbocycles. The molecule has 0 spiro atoms. The van der Waals surface area contributed by atoms with Crippen molar-refractivity contribution in [3.8, 4) is 17.1 Å². The molecule has 0 saturated carbocycles. The van der Waals surface area contributed by atoms with Gasteiger partial charge >= 0.3 is 0 Å². The van der Waals surface area contributed by atoms with Crippen molar-refractivity contribution in [2.45, 2.75) is 23.8 Å². The molecule has 25 heavy (non-hydrogen) atoms. The van der Waals surface area contributed by atoms with Gasteiger partial charge in [-0.3, -0.25) is 0 Å². The summed E-state index contributed by atoms with van der Waals surface area (Å²) in [4.78, 5) is 8.02. The van der Waals surface area contributed by atoms with Gasteiger partial charge in [0.25, 0.3) is 0 Å². The van der Waals surface area contributed by atoms with Crippen molar-refractivity contribution in [2.24, 2.45) is 0 Å². The van der Waals surface area contributed by atoms with Crippen LogP contribution in [0.15, 0.2) is 47.5 Å². The Bertz CT molecular complexity index is 879. The molecule has 1 unspecified atom stereocenters. The first-order chi connectivity index (χ1) is 12.2. The maximum Gasteiger partial charge on any atom is 0.232 e. The second-order valence-corrected chi connectivity index (χ2v) is 7.28. The van der Waals surface area contributed by atoms with Crippen LogP contribution in [-0.2, 0) is 0 Å². The third-order valence-corrected chi connectivity index (χ3v) is 5.39. The van der Waals surface area contributed by atoms with E-state index in [2.05, 4.69) is 41.4 Å². The molecule has 1 atom stereocenters. The normalized spacial score (nSPS) is 18.6. The highest BCUT2D eigenvalue weighted by molar-refractivity contribution is 7.98. The Balaban J connectivity index is 1.68. The van der Waals surface area contributed by atoms with Gasteiger partial charge in [0.15, 0.2) is 5.65 Å². The Hall–Kier alpha value is -2.05. The quantitative estimate of drug-likeness (QED) is 0.670. The fraction of sp³-hybridized carbons (Fsp3) is 0.368. The van der Waals surface area contributed by atoms with Crippen LogP contribution in [0.5, 0.6) is 5.88 Å².